The van der Waals surface area contributed by atoms with Crippen molar-refractivity contribution in [2.75, 3.05) is 0 Å². The molecule has 0 aliphatic carbocycles. The zero-order chi connectivity index (χ0) is 23.2. The Kier molecular flexibility index (Phi) is 15.4. The molecule has 0 saturated carbocycles. The molecular formula is C18H6Cu3O12-6. The van der Waals surface area contributed by atoms with Gasteiger partial charge in [0.25, 0.3) is 0 Å². The normalized spacial score (nSPS) is 8.73. The molecular weight excluding hydrogens is 599 g/mol. The van der Waals surface area contributed by atoms with Gasteiger partial charge in [0, 0.05) is 51.2 Å². The fourth-order valence-electron chi connectivity index (χ4n) is 1.96. The summed E-state index contributed by atoms with van der Waals surface area (Å²) < 4.78 is 0. The number of carbonyl (C=O) groups excluding carboxylic acids is 6. The van der Waals surface area contributed by atoms with Crippen LogP contribution in [0.25, 0.3) is 0 Å². The van der Waals surface area contributed by atoms with E-state index in [1.807, 2.05) is 0 Å². The zero-order valence-electron chi connectivity index (χ0n) is 15.3. The fraction of sp³-hybridized carbons (Fsp3) is 0. The average molecular weight is 605 g/mol. The molecule has 0 heterocycles. The second kappa shape index (κ2) is 14.8. The van der Waals surface area contributed by atoms with Crippen molar-refractivity contribution in [1.82, 2.24) is 0 Å². The van der Waals surface area contributed by atoms with E-state index in [4.69, 9.17) is 0 Å². The topological polar surface area (TPSA) is 241 Å². The molecule has 2 aromatic rings. The van der Waals surface area contributed by atoms with Gasteiger partial charge < -0.3 is 59.4 Å². The molecule has 189 valence electrons. The van der Waals surface area contributed by atoms with E-state index in [-0.39, 0.29) is 51.2 Å². The molecule has 15 heteroatoms. The van der Waals surface area contributed by atoms with Gasteiger partial charge in [0.2, 0.25) is 0 Å². The maximum Gasteiger partial charge on any atom is 0.0715 e. The number of carboxylic acid groups (broad SMARTS) is 6. The van der Waals surface area contributed by atoms with E-state index < -0.39 is 69.2 Å². The number of aromatic carboxylic acids is 6. The molecule has 3 radical (unpaired) electrons. The first-order chi connectivity index (χ1) is 13.8. The van der Waals surface area contributed by atoms with Crippen LogP contribution in [0.15, 0.2) is 36.4 Å². The van der Waals surface area contributed by atoms with E-state index in [2.05, 4.69) is 0 Å². The van der Waals surface area contributed by atoms with Crippen LogP contribution in [0.5, 0.6) is 0 Å². The molecule has 0 aromatic heterocycles. The first-order valence-electron chi connectivity index (χ1n) is 7.41. The number of carbonyl (C=O) groups is 6. The Morgan fingerprint density at radius 1 is 0.333 bits per heavy atom. The molecule has 0 amide bonds. The summed E-state index contributed by atoms with van der Waals surface area (Å²) in [5.41, 5.74) is -3.36. The van der Waals surface area contributed by atoms with E-state index in [0.29, 0.717) is 0 Å². The van der Waals surface area contributed by atoms with Gasteiger partial charge >= 0.3 is 0 Å². The number of benzene rings is 2. The van der Waals surface area contributed by atoms with Crippen LogP contribution >= 0.6 is 0 Å². The van der Waals surface area contributed by atoms with E-state index in [0.717, 1.165) is 36.4 Å². The quantitative estimate of drug-likeness (QED) is 0.280. The van der Waals surface area contributed by atoms with Gasteiger partial charge in [-0.2, -0.15) is 0 Å². The second-order valence-electron chi connectivity index (χ2n) is 5.32. The van der Waals surface area contributed by atoms with Crippen LogP contribution in [-0.2, 0) is 51.2 Å². The molecule has 2 rings (SSSR count). The van der Waals surface area contributed by atoms with Crippen LogP contribution < -0.4 is 30.6 Å². The Hall–Kier alpha value is -3.18. The molecule has 0 spiro atoms. The third kappa shape index (κ3) is 10.3. The van der Waals surface area contributed by atoms with Crippen molar-refractivity contribution in [3.05, 3.63) is 69.8 Å². The predicted molar refractivity (Wildman–Crippen MR) is 78.9 cm³/mol. The van der Waals surface area contributed by atoms with Gasteiger partial charge in [-0.15, -0.1) is 0 Å². The Morgan fingerprint density at radius 2 is 0.424 bits per heavy atom. The Labute approximate surface area is 215 Å². The molecule has 0 unspecified atom stereocenters. The van der Waals surface area contributed by atoms with Gasteiger partial charge in [-0.25, -0.2) is 0 Å². The number of carboxylic acids is 6. The number of hydrogen-bond donors (Lipinski definition) is 0. The van der Waals surface area contributed by atoms with Gasteiger partial charge in [-0.1, -0.05) is 0 Å². The van der Waals surface area contributed by atoms with Gasteiger partial charge in [0.05, 0.1) is 35.8 Å². The molecule has 0 atom stereocenters. The zero-order valence-corrected chi connectivity index (χ0v) is 18.1. The third-order valence-electron chi connectivity index (χ3n) is 3.28. The van der Waals surface area contributed by atoms with E-state index in [9.17, 15) is 59.4 Å². The summed E-state index contributed by atoms with van der Waals surface area (Å²) >= 11 is 0. The van der Waals surface area contributed by atoms with Crippen molar-refractivity contribution in [1.29, 1.82) is 0 Å². The minimum Gasteiger partial charge on any atom is -0.545 e. The Bertz CT molecular complexity index is 838. The summed E-state index contributed by atoms with van der Waals surface area (Å²) in [4.78, 5) is 62.5. The summed E-state index contributed by atoms with van der Waals surface area (Å²) in [5.74, 6) is -10.1. The van der Waals surface area contributed by atoms with Crippen molar-refractivity contribution in [2.45, 2.75) is 0 Å². The van der Waals surface area contributed by atoms with Crippen molar-refractivity contribution in [3.8, 4) is 0 Å². The van der Waals surface area contributed by atoms with Crippen LogP contribution in [0, 0.1) is 0 Å². The fourth-order valence-corrected chi connectivity index (χ4v) is 1.96. The van der Waals surface area contributed by atoms with E-state index in [1.165, 1.54) is 0 Å². The number of hydrogen-bond acceptors (Lipinski definition) is 12. The summed E-state index contributed by atoms with van der Waals surface area (Å²) in [7, 11) is 0. The van der Waals surface area contributed by atoms with Crippen molar-refractivity contribution >= 4 is 35.8 Å². The summed E-state index contributed by atoms with van der Waals surface area (Å²) in [5, 5.41) is 62.5. The largest absolute Gasteiger partial charge is 0.545 e. The van der Waals surface area contributed by atoms with E-state index in [1.54, 1.807) is 0 Å². The Morgan fingerprint density at radius 3 is 0.485 bits per heavy atom. The minimum absolute atomic E-state index is 0. The summed E-state index contributed by atoms with van der Waals surface area (Å²) in [6.45, 7) is 0. The first-order valence-corrected chi connectivity index (χ1v) is 7.41. The molecule has 0 bridgehead atoms. The molecule has 0 N–H and O–H groups in total. The van der Waals surface area contributed by atoms with E-state index >= 15 is 0 Å². The molecule has 2 aromatic carbocycles. The van der Waals surface area contributed by atoms with Gasteiger partial charge in [-0.3, -0.25) is 0 Å². The minimum atomic E-state index is -1.68. The average Bonchev–Trinajstić information content (AvgIpc) is 2.67. The molecule has 0 saturated heterocycles. The summed E-state index contributed by atoms with van der Waals surface area (Å²) in [6, 6.07) is 4.48. The van der Waals surface area contributed by atoms with Gasteiger partial charge in [-0.05, 0) is 69.8 Å². The standard InChI is InChI=1S/2C9H6O6.3Cu/c2*10-7(11)4-1-5(8(12)13)3-6(2-4)9(14)15;;;/h2*1-3H,(H,10,11)(H,12,13)(H,14,15);;;/p-6. The summed E-state index contributed by atoms with van der Waals surface area (Å²) in [6.07, 6.45) is 0. The first kappa shape index (κ1) is 34.4. The predicted octanol–water partition coefficient (Wildman–Crippen LogP) is -6.45. The Balaban J connectivity index is -0.000000500. The molecule has 0 aliphatic heterocycles. The molecule has 33 heavy (non-hydrogen) atoms. The molecule has 0 aliphatic rings. The maximum absolute atomic E-state index is 10.4. The molecule has 0 fully saturated rings. The van der Waals surface area contributed by atoms with Crippen LogP contribution in [0.2, 0.25) is 0 Å². The van der Waals surface area contributed by atoms with Crippen LogP contribution in [0.4, 0.5) is 0 Å². The van der Waals surface area contributed by atoms with Crippen LogP contribution in [0.3, 0.4) is 0 Å². The monoisotopic (exact) mass is 603 g/mol. The third-order valence-corrected chi connectivity index (χ3v) is 3.28. The van der Waals surface area contributed by atoms with Crippen LogP contribution in [0.1, 0.15) is 62.1 Å². The number of rotatable bonds is 6. The van der Waals surface area contributed by atoms with Crippen molar-refractivity contribution in [3.63, 3.8) is 0 Å². The molecule has 12 nitrogen and oxygen atoms in total. The van der Waals surface area contributed by atoms with Crippen LogP contribution in [-0.4, -0.2) is 35.8 Å². The van der Waals surface area contributed by atoms with Crippen molar-refractivity contribution in [2.24, 2.45) is 0 Å². The SMILES string of the molecule is O=C([O-])c1cc(C(=O)[O-])cc(C(=O)[O-])c1.O=C([O-])c1cc(C(=O)[O-])cc(C(=O)[O-])c1.[Cu].[Cu].[Cu]. The van der Waals surface area contributed by atoms with Crippen molar-refractivity contribution < 1.29 is 111 Å². The smallest absolute Gasteiger partial charge is 0.0715 e. The van der Waals surface area contributed by atoms with Gasteiger partial charge in [0.1, 0.15) is 0 Å². The maximum atomic E-state index is 10.4. The van der Waals surface area contributed by atoms with Gasteiger partial charge in [0.15, 0.2) is 0 Å². The second-order valence-corrected chi connectivity index (χ2v) is 5.32.